The first-order valence-electron chi connectivity index (χ1n) is 4.67. The highest BCUT2D eigenvalue weighted by atomic mass is 16.2. The number of allylic oxidation sites excluding steroid dienone is 2. The Morgan fingerprint density at radius 2 is 2.21 bits per heavy atom. The third-order valence-corrected chi connectivity index (χ3v) is 3.43. The van der Waals surface area contributed by atoms with E-state index in [1.165, 1.54) is 4.90 Å². The van der Waals surface area contributed by atoms with E-state index >= 15 is 0 Å². The van der Waals surface area contributed by atoms with Gasteiger partial charge < -0.3 is 0 Å². The van der Waals surface area contributed by atoms with Crippen LogP contribution in [-0.4, -0.2) is 23.8 Å². The molecule has 2 aliphatic rings. The highest BCUT2D eigenvalue weighted by molar-refractivity contribution is 6.09. The number of nitrogens with zero attached hydrogens (tertiary/aromatic N) is 1. The van der Waals surface area contributed by atoms with Gasteiger partial charge in [-0.3, -0.25) is 14.5 Å². The molecule has 74 valence electrons. The first kappa shape index (κ1) is 9.19. The highest BCUT2D eigenvalue weighted by Crippen LogP contribution is 2.47. The summed E-state index contributed by atoms with van der Waals surface area (Å²) in [5.41, 5.74) is 0.0528. The van der Waals surface area contributed by atoms with Crippen LogP contribution in [-0.2, 0) is 9.59 Å². The second kappa shape index (κ2) is 2.56. The van der Waals surface area contributed by atoms with Gasteiger partial charge in [0.05, 0.1) is 11.3 Å². The lowest BCUT2D eigenvalue weighted by molar-refractivity contribution is -0.138. The first-order chi connectivity index (χ1) is 6.49. The number of carbonyl (C=O) groups excluding carboxylic acids is 2. The molecule has 0 N–H and O–H groups in total. The summed E-state index contributed by atoms with van der Waals surface area (Å²) < 4.78 is 0. The third kappa shape index (κ3) is 0.820. The summed E-state index contributed by atoms with van der Waals surface area (Å²) in [5.74, 6) is -0.442. The number of rotatable bonds is 0. The van der Waals surface area contributed by atoms with E-state index in [4.69, 9.17) is 0 Å². The first-order valence-corrected chi connectivity index (χ1v) is 4.67. The summed E-state index contributed by atoms with van der Waals surface area (Å²) in [4.78, 5) is 24.8. The lowest BCUT2D eigenvalue weighted by Gasteiger charge is -2.30. The van der Waals surface area contributed by atoms with Crippen molar-refractivity contribution < 1.29 is 9.59 Å². The Morgan fingerprint density at radius 3 is 2.79 bits per heavy atom. The molecule has 14 heavy (non-hydrogen) atoms. The molecule has 0 aromatic heterocycles. The van der Waals surface area contributed by atoms with E-state index in [-0.39, 0.29) is 17.7 Å². The molecule has 2 amide bonds. The van der Waals surface area contributed by atoms with Gasteiger partial charge in [-0.2, -0.15) is 0 Å². The van der Waals surface area contributed by atoms with Crippen LogP contribution in [0.5, 0.6) is 0 Å². The molecule has 0 aromatic rings. The fourth-order valence-corrected chi connectivity index (χ4v) is 2.30. The summed E-state index contributed by atoms with van der Waals surface area (Å²) in [6.45, 7) is 5.67. The van der Waals surface area contributed by atoms with Gasteiger partial charge in [0.25, 0.3) is 0 Å². The van der Waals surface area contributed by atoms with Crippen molar-refractivity contribution in [3.05, 3.63) is 24.3 Å². The van der Waals surface area contributed by atoms with Gasteiger partial charge in [0.15, 0.2) is 0 Å². The Hall–Kier alpha value is -1.38. The lowest BCUT2D eigenvalue weighted by Crippen LogP contribution is -2.35. The lowest BCUT2D eigenvalue weighted by atomic mass is 9.69. The minimum atomic E-state index is -0.694. The molecule has 3 heteroatoms. The maximum atomic E-state index is 11.9. The Bertz CT molecular complexity index is 369. The average Bonchev–Trinajstić information content (AvgIpc) is 2.33. The SMILES string of the molecule is C=C1C=CCC2C(=O)N(C)C(=O)C12C. The van der Waals surface area contributed by atoms with Crippen LogP contribution < -0.4 is 0 Å². The normalized spacial score (nSPS) is 36.6. The number of carbonyl (C=O) groups is 2. The molecule has 0 aromatic carbocycles. The molecule has 1 saturated heterocycles. The van der Waals surface area contributed by atoms with E-state index in [0.29, 0.717) is 6.42 Å². The van der Waals surface area contributed by atoms with Crippen LogP contribution in [0.25, 0.3) is 0 Å². The number of hydrogen-bond donors (Lipinski definition) is 0. The van der Waals surface area contributed by atoms with Crippen molar-refractivity contribution in [1.82, 2.24) is 4.90 Å². The molecule has 0 bridgehead atoms. The second-order valence-electron chi connectivity index (χ2n) is 4.12. The van der Waals surface area contributed by atoms with Crippen molar-refractivity contribution in [1.29, 1.82) is 0 Å². The van der Waals surface area contributed by atoms with Crippen molar-refractivity contribution in [2.45, 2.75) is 13.3 Å². The van der Waals surface area contributed by atoms with Crippen molar-refractivity contribution in [3.8, 4) is 0 Å². The van der Waals surface area contributed by atoms with E-state index in [1.54, 1.807) is 7.05 Å². The summed E-state index contributed by atoms with van der Waals surface area (Å²) in [6, 6.07) is 0. The van der Waals surface area contributed by atoms with Gasteiger partial charge in [-0.15, -0.1) is 0 Å². The van der Waals surface area contributed by atoms with Gasteiger partial charge in [-0.1, -0.05) is 18.7 Å². The fourth-order valence-electron chi connectivity index (χ4n) is 2.30. The van der Waals surface area contributed by atoms with Gasteiger partial charge in [-0.25, -0.2) is 0 Å². The molecule has 2 atom stereocenters. The van der Waals surface area contributed by atoms with Crippen LogP contribution in [0.4, 0.5) is 0 Å². The Morgan fingerprint density at radius 1 is 1.57 bits per heavy atom. The molecule has 0 spiro atoms. The summed E-state index contributed by atoms with van der Waals surface area (Å²) in [6.07, 6.45) is 4.41. The zero-order valence-electron chi connectivity index (χ0n) is 8.41. The van der Waals surface area contributed by atoms with Gasteiger partial charge >= 0.3 is 0 Å². The molecule has 1 fully saturated rings. The average molecular weight is 191 g/mol. The zero-order valence-corrected chi connectivity index (χ0v) is 8.41. The van der Waals surface area contributed by atoms with E-state index in [2.05, 4.69) is 6.58 Å². The summed E-state index contributed by atoms with van der Waals surface area (Å²) in [5, 5.41) is 0. The molecule has 0 saturated carbocycles. The van der Waals surface area contributed by atoms with Gasteiger partial charge in [0.1, 0.15) is 0 Å². The minimum absolute atomic E-state index is 0.0806. The minimum Gasteiger partial charge on any atom is -0.285 e. The maximum Gasteiger partial charge on any atom is 0.240 e. The Labute approximate surface area is 83.1 Å². The Kier molecular flexibility index (Phi) is 1.68. The molecular formula is C11H13NO2. The zero-order chi connectivity index (χ0) is 10.5. The largest absolute Gasteiger partial charge is 0.285 e. The van der Waals surface area contributed by atoms with Crippen LogP contribution >= 0.6 is 0 Å². The predicted octanol–water partition coefficient (Wildman–Crippen LogP) is 1.12. The van der Waals surface area contributed by atoms with Crippen LogP contribution in [0.1, 0.15) is 13.3 Å². The van der Waals surface area contributed by atoms with Crippen LogP contribution in [0, 0.1) is 11.3 Å². The number of hydrogen-bond acceptors (Lipinski definition) is 2. The molecule has 0 radical (unpaired) electrons. The number of fused-ring (bicyclic) bond motifs is 1. The van der Waals surface area contributed by atoms with Gasteiger partial charge in [0, 0.05) is 7.05 Å². The van der Waals surface area contributed by atoms with E-state index < -0.39 is 5.41 Å². The quantitative estimate of drug-likeness (QED) is 0.538. The van der Waals surface area contributed by atoms with Gasteiger partial charge in [0.2, 0.25) is 11.8 Å². The molecule has 2 rings (SSSR count). The topological polar surface area (TPSA) is 37.4 Å². The summed E-state index contributed by atoms with van der Waals surface area (Å²) >= 11 is 0. The maximum absolute atomic E-state index is 11.9. The molecule has 1 aliphatic heterocycles. The van der Waals surface area contributed by atoms with Crippen LogP contribution in [0.15, 0.2) is 24.3 Å². The molecular weight excluding hydrogens is 178 g/mol. The highest BCUT2D eigenvalue weighted by Gasteiger charge is 2.56. The molecule has 3 nitrogen and oxygen atoms in total. The number of imide groups is 1. The third-order valence-electron chi connectivity index (χ3n) is 3.43. The summed E-state index contributed by atoms with van der Waals surface area (Å²) in [7, 11) is 1.54. The van der Waals surface area contributed by atoms with Crippen molar-refractivity contribution in [2.24, 2.45) is 11.3 Å². The van der Waals surface area contributed by atoms with Crippen LogP contribution in [0.2, 0.25) is 0 Å². The predicted molar refractivity (Wildman–Crippen MR) is 52.3 cm³/mol. The fraction of sp³-hybridized carbons (Fsp3) is 0.455. The number of likely N-dealkylation sites (tertiary alicyclic amines) is 1. The van der Waals surface area contributed by atoms with Crippen molar-refractivity contribution in [3.63, 3.8) is 0 Å². The molecule has 1 heterocycles. The van der Waals surface area contributed by atoms with Crippen molar-refractivity contribution >= 4 is 11.8 Å². The van der Waals surface area contributed by atoms with E-state index in [9.17, 15) is 9.59 Å². The van der Waals surface area contributed by atoms with Crippen molar-refractivity contribution in [2.75, 3.05) is 7.05 Å². The number of amides is 2. The Balaban J connectivity index is 2.55. The standard InChI is InChI=1S/C11H13NO2/c1-7-5-4-6-8-9(13)12(3)10(14)11(7,8)2/h4-5,8H,1,6H2,2-3H3. The second-order valence-corrected chi connectivity index (χ2v) is 4.12. The van der Waals surface area contributed by atoms with E-state index in [0.717, 1.165) is 5.57 Å². The van der Waals surface area contributed by atoms with E-state index in [1.807, 2.05) is 19.1 Å². The molecule has 1 aliphatic carbocycles. The van der Waals surface area contributed by atoms with Gasteiger partial charge in [-0.05, 0) is 18.9 Å². The smallest absolute Gasteiger partial charge is 0.240 e. The molecule has 2 unspecified atom stereocenters. The van der Waals surface area contributed by atoms with Crippen LogP contribution in [0.3, 0.4) is 0 Å². The monoisotopic (exact) mass is 191 g/mol.